The van der Waals surface area contributed by atoms with Crippen LogP contribution in [0.2, 0.25) is 0 Å². The molecule has 1 rings (SSSR count). The molecule has 66 valence electrons. The van der Waals surface area contributed by atoms with Crippen molar-refractivity contribution in [3.05, 3.63) is 0 Å². The maximum absolute atomic E-state index is 10.9. The molecule has 0 atom stereocenters. The second-order valence-electron chi connectivity index (χ2n) is 3.23. The van der Waals surface area contributed by atoms with E-state index in [9.17, 15) is 8.42 Å². The van der Waals surface area contributed by atoms with E-state index in [0.717, 1.165) is 25.9 Å². The fraction of sp³-hybridized carbons (Fsp3) is 1.00. The third kappa shape index (κ3) is 2.17. The zero-order valence-electron chi connectivity index (χ0n) is 7.08. The average molecular weight is 177 g/mol. The Morgan fingerprint density at radius 2 is 2.00 bits per heavy atom. The summed E-state index contributed by atoms with van der Waals surface area (Å²) >= 11 is 0. The van der Waals surface area contributed by atoms with Crippen LogP contribution in [-0.4, -0.2) is 32.1 Å². The highest BCUT2D eigenvalue weighted by Crippen LogP contribution is 2.22. The highest BCUT2D eigenvalue weighted by atomic mass is 32.2. The minimum atomic E-state index is -2.88. The molecule has 3 nitrogen and oxygen atoms in total. The summed E-state index contributed by atoms with van der Waals surface area (Å²) in [6.07, 6.45) is 3.59. The van der Waals surface area contributed by atoms with Crippen LogP contribution in [0.25, 0.3) is 0 Å². The van der Waals surface area contributed by atoms with Crippen LogP contribution in [0.15, 0.2) is 0 Å². The Morgan fingerprint density at radius 3 is 2.36 bits per heavy atom. The molecule has 1 fully saturated rings. The Labute approximate surface area is 68.4 Å². The Kier molecular flexibility index (Phi) is 2.54. The van der Waals surface area contributed by atoms with E-state index in [2.05, 4.69) is 6.92 Å². The van der Waals surface area contributed by atoms with Crippen molar-refractivity contribution >= 4 is 10.0 Å². The second-order valence-corrected chi connectivity index (χ2v) is 5.22. The van der Waals surface area contributed by atoms with E-state index >= 15 is 0 Å². The first-order valence-corrected chi connectivity index (χ1v) is 5.84. The van der Waals surface area contributed by atoms with Crippen molar-refractivity contribution in [3.63, 3.8) is 0 Å². The molecule has 1 aliphatic rings. The monoisotopic (exact) mass is 177 g/mol. The summed E-state index contributed by atoms with van der Waals surface area (Å²) in [4.78, 5) is 0. The van der Waals surface area contributed by atoms with Crippen LogP contribution >= 0.6 is 0 Å². The first kappa shape index (κ1) is 9.00. The lowest BCUT2D eigenvalue weighted by molar-refractivity contribution is 0.190. The fourth-order valence-electron chi connectivity index (χ4n) is 1.38. The number of hydrogen-bond acceptors (Lipinski definition) is 2. The van der Waals surface area contributed by atoms with Gasteiger partial charge >= 0.3 is 0 Å². The first-order valence-electron chi connectivity index (χ1n) is 3.99. The third-order valence-corrected chi connectivity index (χ3v) is 3.33. The molecule has 0 aliphatic carbocycles. The molecular weight excluding hydrogens is 162 g/mol. The molecule has 0 spiro atoms. The van der Waals surface area contributed by atoms with Crippen LogP contribution in [-0.2, 0) is 10.0 Å². The first-order chi connectivity index (χ1) is 5.04. The molecule has 4 heteroatoms. The van der Waals surface area contributed by atoms with E-state index in [4.69, 9.17) is 0 Å². The van der Waals surface area contributed by atoms with Crippen molar-refractivity contribution in [3.8, 4) is 0 Å². The molecule has 1 aliphatic heterocycles. The van der Waals surface area contributed by atoms with Crippen molar-refractivity contribution in [2.24, 2.45) is 5.92 Å². The van der Waals surface area contributed by atoms with Crippen molar-refractivity contribution in [1.82, 2.24) is 4.31 Å². The summed E-state index contributed by atoms with van der Waals surface area (Å²) in [5.74, 6) is 0.620. The lowest BCUT2D eigenvalue weighted by Gasteiger charge is -2.37. The van der Waals surface area contributed by atoms with Gasteiger partial charge in [0.25, 0.3) is 0 Å². The van der Waals surface area contributed by atoms with E-state index in [-0.39, 0.29) is 0 Å². The van der Waals surface area contributed by atoms with E-state index < -0.39 is 10.0 Å². The van der Waals surface area contributed by atoms with Crippen LogP contribution in [0.5, 0.6) is 0 Å². The van der Waals surface area contributed by atoms with Gasteiger partial charge in [-0.2, -0.15) is 0 Å². The quantitative estimate of drug-likeness (QED) is 0.635. The highest BCUT2D eigenvalue weighted by Gasteiger charge is 2.31. The van der Waals surface area contributed by atoms with E-state index in [0.29, 0.717) is 5.92 Å². The maximum Gasteiger partial charge on any atom is 0.211 e. The molecule has 0 amide bonds. The largest absolute Gasteiger partial charge is 0.213 e. The number of hydrogen-bond donors (Lipinski definition) is 0. The maximum atomic E-state index is 10.9. The van der Waals surface area contributed by atoms with Crippen molar-refractivity contribution in [2.45, 2.75) is 19.8 Å². The van der Waals surface area contributed by atoms with Crippen LogP contribution in [0.3, 0.4) is 0 Å². The normalized spacial score (nSPS) is 21.6. The number of sulfonamides is 1. The van der Waals surface area contributed by atoms with Gasteiger partial charge in [-0.05, 0) is 12.3 Å². The Morgan fingerprint density at radius 1 is 1.45 bits per heavy atom. The summed E-state index contributed by atoms with van der Waals surface area (Å²) < 4.78 is 23.3. The van der Waals surface area contributed by atoms with Gasteiger partial charge in [0.05, 0.1) is 6.26 Å². The van der Waals surface area contributed by atoms with Gasteiger partial charge in [-0.1, -0.05) is 13.3 Å². The van der Waals surface area contributed by atoms with Gasteiger partial charge in [-0.3, -0.25) is 0 Å². The molecule has 11 heavy (non-hydrogen) atoms. The molecule has 0 bridgehead atoms. The van der Waals surface area contributed by atoms with Gasteiger partial charge in [0.1, 0.15) is 0 Å². The summed E-state index contributed by atoms with van der Waals surface area (Å²) in [5, 5.41) is 0. The summed E-state index contributed by atoms with van der Waals surface area (Å²) in [6, 6.07) is 0. The lowest BCUT2D eigenvalue weighted by atomic mass is 9.98. The van der Waals surface area contributed by atoms with Gasteiger partial charge in [-0.15, -0.1) is 0 Å². The Hall–Kier alpha value is -0.0900. The van der Waals surface area contributed by atoms with E-state index in [1.165, 1.54) is 10.6 Å². The zero-order chi connectivity index (χ0) is 8.48. The summed E-state index contributed by atoms with van der Waals surface area (Å²) in [7, 11) is -2.88. The predicted octanol–water partition coefficient (Wildman–Crippen LogP) is 0.678. The number of rotatable bonds is 3. The molecular formula is C7H15NO2S. The minimum absolute atomic E-state index is 0.620. The molecule has 0 saturated carbocycles. The van der Waals surface area contributed by atoms with Crippen LogP contribution in [0.4, 0.5) is 0 Å². The fourth-order valence-corrected chi connectivity index (χ4v) is 2.35. The van der Waals surface area contributed by atoms with Gasteiger partial charge in [0.15, 0.2) is 0 Å². The van der Waals surface area contributed by atoms with Gasteiger partial charge in [0.2, 0.25) is 10.0 Å². The van der Waals surface area contributed by atoms with Gasteiger partial charge in [0, 0.05) is 13.1 Å². The summed E-state index contributed by atoms with van der Waals surface area (Å²) in [5.41, 5.74) is 0. The molecule has 0 unspecified atom stereocenters. The third-order valence-electron chi connectivity index (χ3n) is 2.09. The predicted molar refractivity (Wildman–Crippen MR) is 44.8 cm³/mol. The van der Waals surface area contributed by atoms with Crippen molar-refractivity contribution in [2.75, 3.05) is 19.3 Å². The molecule has 0 N–H and O–H groups in total. The van der Waals surface area contributed by atoms with Crippen molar-refractivity contribution in [1.29, 1.82) is 0 Å². The molecule has 1 heterocycles. The van der Waals surface area contributed by atoms with Gasteiger partial charge in [-0.25, -0.2) is 12.7 Å². The zero-order valence-corrected chi connectivity index (χ0v) is 7.89. The molecule has 0 radical (unpaired) electrons. The van der Waals surface area contributed by atoms with E-state index in [1.807, 2.05) is 0 Å². The lowest BCUT2D eigenvalue weighted by Crippen LogP contribution is -2.49. The summed E-state index contributed by atoms with van der Waals surface area (Å²) in [6.45, 7) is 3.61. The standard InChI is InChI=1S/C7H15NO2S/c1-3-4-7-5-8(6-7)11(2,9)10/h7H,3-6H2,1-2H3. The molecule has 1 saturated heterocycles. The average Bonchev–Trinajstić information content (AvgIpc) is 1.74. The Bertz CT molecular complexity index is 217. The van der Waals surface area contributed by atoms with Crippen molar-refractivity contribution < 1.29 is 8.42 Å². The second kappa shape index (κ2) is 3.11. The highest BCUT2D eigenvalue weighted by molar-refractivity contribution is 7.88. The van der Waals surface area contributed by atoms with Crippen LogP contribution in [0, 0.1) is 5.92 Å². The van der Waals surface area contributed by atoms with Gasteiger partial charge < -0.3 is 0 Å². The topological polar surface area (TPSA) is 37.4 Å². The smallest absolute Gasteiger partial charge is 0.211 e. The SMILES string of the molecule is CCCC1CN(S(C)(=O)=O)C1. The van der Waals surface area contributed by atoms with Crippen LogP contribution < -0.4 is 0 Å². The molecule has 0 aromatic carbocycles. The number of nitrogens with zero attached hydrogens (tertiary/aromatic N) is 1. The minimum Gasteiger partial charge on any atom is -0.213 e. The van der Waals surface area contributed by atoms with Crippen LogP contribution in [0.1, 0.15) is 19.8 Å². The molecule has 0 aromatic rings. The Balaban J connectivity index is 2.30. The molecule has 0 aromatic heterocycles. The van der Waals surface area contributed by atoms with E-state index in [1.54, 1.807) is 0 Å².